The Labute approximate surface area is 143 Å². The molecule has 0 atom stereocenters. The monoisotopic (exact) mass is 335 g/mol. The van der Waals surface area contributed by atoms with Crippen LogP contribution in [0.4, 0.5) is 0 Å². The molecule has 1 aromatic rings. The Morgan fingerprint density at radius 1 is 1.30 bits per heavy atom. The molecule has 2 N–H and O–H groups in total. The van der Waals surface area contributed by atoms with Crippen molar-refractivity contribution in [2.75, 3.05) is 13.7 Å². The predicted molar refractivity (Wildman–Crippen MR) is 97.5 cm³/mol. The Morgan fingerprint density at radius 3 is 2.78 bits per heavy atom. The first-order valence-electron chi connectivity index (χ1n) is 8.13. The second-order valence-electron chi connectivity index (χ2n) is 5.52. The highest BCUT2D eigenvalue weighted by Gasteiger charge is 2.13. The number of hydrogen-bond donors (Lipinski definition) is 2. The quantitative estimate of drug-likeness (QED) is 0.475. The zero-order chi connectivity index (χ0) is 16.5. The van der Waals surface area contributed by atoms with Gasteiger partial charge in [-0.15, -0.1) is 0 Å². The van der Waals surface area contributed by atoms with Gasteiger partial charge in [0.05, 0.1) is 19.9 Å². The molecule has 1 aliphatic rings. The van der Waals surface area contributed by atoms with E-state index in [4.69, 9.17) is 21.7 Å². The van der Waals surface area contributed by atoms with Crippen molar-refractivity contribution in [1.82, 2.24) is 10.7 Å². The first-order chi connectivity index (χ1) is 11.2. The van der Waals surface area contributed by atoms with E-state index >= 15 is 0 Å². The number of methoxy groups -OCH3 is 1. The number of rotatable bonds is 6. The summed E-state index contributed by atoms with van der Waals surface area (Å²) in [4.78, 5) is 0. The summed E-state index contributed by atoms with van der Waals surface area (Å²) in [6.07, 6.45) is 7.96. The van der Waals surface area contributed by atoms with Crippen molar-refractivity contribution < 1.29 is 9.47 Å². The first kappa shape index (κ1) is 17.5. The van der Waals surface area contributed by atoms with E-state index in [1.54, 1.807) is 13.3 Å². The normalized spacial score (nSPS) is 15.4. The van der Waals surface area contributed by atoms with Crippen LogP contribution in [0, 0.1) is 0 Å². The maximum absolute atomic E-state index is 5.49. The molecule has 2 rings (SSSR count). The maximum Gasteiger partial charge on any atom is 0.187 e. The van der Waals surface area contributed by atoms with Gasteiger partial charge < -0.3 is 14.8 Å². The maximum atomic E-state index is 5.49. The minimum atomic E-state index is 0.476. The van der Waals surface area contributed by atoms with E-state index in [-0.39, 0.29) is 0 Å². The van der Waals surface area contributed by atoms with E-state index in [1.165, 1.54) is 32.1 Å². The summed E-state index contributed by atoms with van der Waals surface area (Å²) in [5.74, 6) is 1.42. The Hall–Kier alpha value is -1.82. The predicted octanol–water partition coefficient (Wildman–Crippen LogP) is 3.22. The number of hydrogen-bond acceptors (Lipinski definition) is 4. The van der Waals surface area contributed by atoms with Crippen LogP contribution >= 0.6 is 12.2 Å². The molecule has 1 fully saturated rings. The van der Waals surface area contributed by atoms with E-state index in [2.05, 4.69) is 15.8 Å². The molecule has 0 aliphatic heterocycles. The molecule has 126 valence electrons. The fourth-order valence-corrected chi connectivity index (χ4v) is 2.89. The summed E-state index contributed by atoms with van der Waals surface area (Å²) >= 11 is 5.27. The standard InChI is InChI=1S/C17H25N3O2S/c1-3-22-15-10-9-13(11-16(15)21-2)12-18-20-17(23)19-14-7-5-4-6-8-14/h9-12,14H,3-8H2,1-2H3,(H2,19,20,23)/b18-12+. The smallest absolute Gasteiger partial charge is 0.187 e. The van der Waals surface area contributed by atoms with Crippen LogP contribution in [0.1, 0.15) is 44.6 Å². The average molecular weight is 335 g/mol. The Morgan fingerprint density at radius 2 is 2.09 bits per heavy atom. The molecular formula is C17H25N3O2S. The van der Waals surface area contributed by atoms with E-state index < -0.39 is 0 Å². The third-order valence-electron chi connectivity index (χ3n) is 3.81. The highest BCUT2D eigenvalue weighted by atomic mass is 32.1. The van der Waals surface area contributed by atoms with Crippen LogP contribution in [-0.4, -0.2) is 31.1 Å². The highest BCUT2D eigenvalue weighted by Crippen LogP contribution is 2.27. The van der Waals surface area contributed by atoms with Gasteiger partial charge in [0.2, 0.25) is 0 Å². The summed E-state index contributed by atoms with van der Waals surface area (Å²) < 4.78 is 10.8. The molecule has 5 nitrogen and oxygen atoms in total. The molecule has 0 amide bonds. The zero-order valence-corrected chi connectivity index (χ0v) is 14.6. The fraction of sp³-hybridized carbons (Fsp3) is 0.529. The van der Waals surface area contributed by atoms with Crippen molar-refractivity contribution in [3.8, 4) is 11.5 Å². The van der Waals surface area contributed by atoms with Crippen LogP contribution in [0.3, 0.4) is 0 Å². The van der Waals surface area contributed by atoms with Crippen LogP contribution in [-0.2, 0) is 0 Å². The van der Waals surface area contributed by atoms with Crippen LogP contribution in [0.25, 0.3) is 0 Å². The Balaban J connectivity index is 1.85. The van der Waals surface area contributed by atoms with Crippen molar-refractivity contribution in [2.24, 2.45) is 5.10 Å². The van der Waals surface area contributed by atoms with Gasteiger partial charge in [-0.2, -0.15) is 5.10 Å². The van der Waals surface area contributed by atoms with E-state index in [1.807, 2.05) is 25.1 Å². The van der Waals surface area contributed by atoms with Crippen LogP contribution < -0.4 is 20.2 Å². The zero-order valence-electron chi connectivity index (χ0n) is 13.8. The van der Waals surface area contributed by atoms with Crippen molar-refractivity contribution >= 4 is 23.5 Å². The first-order valence-corrected chi connectivity index (χ1v) is 8.54. The number of ether oxygens (including phenoxy) is 2. The second-order valence-corrected chi connectivity index (χ2v) is 5.93. The van der Waals surface area contributed by atoms with Gasteiger partial charge in [0, 0.05) is 6.04 Å². The molecule has 0 bridgehead atoms. The summed E-state index contributed by atoms with van der Waals surface area (Å²) in [5, 5.41) is 8.07. The van der Waals surface area contributed by atoms with Gasteiger partial charge in [0.25, 0.3) is 0 Å². The van der Waals surface area contributed by atoms with Gasteiger partial charge in [-0.25, -0.2) is 0 Å². The largest absolute Gasteiger partial charge is 0.493 e. The van der Waals surface area contributed by atoms with Crippen molar-refractivity contribution in [3.05, 3.63) is 23.8 Å². The van der Waals surface area contributed by atoms with E-state index in [0.717, 1.165) is 11.3 Å². The number of nitrogens with zero attached hydrogens (tertiary/aromatic N) is 1. The third kappa shape index (κ3) is 5.71. The molecule has 0 saturated heterocycles. The van der Waals surface area contributed by atoms with E-state index in [9.17, 15) is 0 Å². The average Bonchev–Trinajstić information content (AvgIpc) is 2.57. The lowest BCUT2D eigenvalue weighted by Gasteiger charge is -2.23. The molecule has 0 radical (unpaired) electrons. The molecule has 23 heavy (non-hydrogen) atoms. The summed E-state index contributed by atoms with van der Waals surface area (Å²) in [5.41, 5.74) is 3.79. The van der Waals surface area contributed by atoms with Crippen molar-refractivity contribution in [1.29, 1.82) is 0 Å². The van der Waals surface area contributed by atoms with Gasteiger partial charge in [-0.3, -0.25) is 5.43 Å². The molecule has 1 aliphatic carbocycles. The molecule has 1 aromatic carbocycles. The Bertz CT molecular complexity index is 543. The van der Waals surface area contributed by atoms with Crippen molar-refractivity contribution in [3.63, 3.8) is 0 Å². The molecule has 0 spiro atoms. The number of thiocarbonyl (C=S) groups is 1. The SMILES string of the molecule is CCOc1ccc(/C=N/NC(=S)NC2CCCCC2)cc1OC. The third-order valence-corrected chi connectivity index (χ3v) is 4.02. The minimum absolute atomic E-state index is 0.476. The van der Waals surface area contributed by atoms with Gasteiger partial charge in [-0.05, 0) is 55.7 Å². The lowest BCUT2D eigenvalue weighted by Crippen LogP contribution is -2.40. The minimum Gasteiger partial charge on any atom is -0.493 e. The fourth-order valence-electron chi connectivity index (χ4n) is 2.67. The molecule has 0 aromatic heterocycles. The topological polar surface area (TPSA) is 54.9 Å². The highest BCUT2D eigenvalue weighted by molar-refractivity contribution is 7.80. The van der Waals surface area contributed by atoms with Gasteiger partial charge in [0.15, 0.2) is 16.6 Å². The van der Waals surface area contributed by atoms with Crippen LogP contribution in [0.2, 0.25) is 0 Å². The summed E-state index contributed by atoms with van der Waals surface area (Å²) in [6, 6.07) is 6.16. The number of hydrazone groups is 1. The number of nitrogens with one attached hydrogen (secondary N) is 2. The lowest BCUT2D eigenvalue weighted by atomic mass is 9.96. The van der Waals surface area contributed by atoms with Gasteiger partial charge in [-0.1, -0.05) is 19.3 Å². The second kappa shape index (κ2) is 9.35. The van der Waals surface area contributed by atoms with Gasteiger partial charge in [0.1, 0.15) is 0 Å². The van der Waals surface area contributed by atoms with Crippen LogP contribution in [0.15, 0.2) is 23.3 Å². The Kier molecular flexibility index (Phi) is 7.13. The molecule has 1 saturated carbocycles. The molecular weight excluding hydrogens is 310 g/mol. The number of benzene rings is 1. The summed E-state index contributed by atoms with van der Waals surface area (Å²) in [7, 11) is 1.63. The molecule has 6 heteroatoms. The molecule has 0 heterocycles. The summed E-state index contributed by atoms with van der Waals surface area (Å²) in [6.45, 7) is 2.55. The van der Waals surface area contributed by atoms with Crippen molar-refractivity contribution in [2.45, 2.75) is 45.1 Å². The van der Waals surface area contributed by atoms with Gasteiger partial charge >= 0.3 is 0 Å². The van der Waals surface area contributed by atoms with E-state index in [0.29, 0.717) is 23.5 Å². The van der Waals surface area contributed by atoms with Crippen LogP contribution in [0.5, 0.6) is 11.5 Å². The lowest BCUT2D eigenvalue weighted by molar-refractivity contribution is 0.311. The molecule has 0 unspecified atom stereocenters.